The largest absolute Gasteiger partial charge is 0.352 e. The molecule has 112 valence electrons. The summed E-state index contributed by atoms with van der Waals surface area (Å²) < 4.78 is 0. The van der Waals surface area contributed by atoms with Crippen molar-refractivity contribution >= 4 is 40.2 Å². The molecule has 0 saturated carbocycles. The van der Waals surface area contributed by atoms with Crippen LogP contribution < -0.4 is 5.32 Å². The van der Waals surface area contributed by atoms with Crippen molar-refractivity contribution in [3.63, 3.8) is 0 Å². The van der Waals surface area contributed by atoms with E-state index in [0.29, 0.717) is 17.1 Å². The minimum atomic E-state index is -0.125. The molecule has 3 aromatic rings. The van der Waals surface area contributed by atoms with Crippen molar-refractivity contribution in [1.29, 1.82) is 0 Å². The van der Waals surface area contributed by atoms with E-state index in [9.17, 15) is 4.79 Å². The highest BCUT2D eigenvalue weighted by Gasteiger charge is 2.09. The number of benzene rings is 1. The van der Waals surface area contributed by atoms with Crippen molar-refractivity contribution in [3.05, 3.63) is 68.7 Å². The van der Waals surface area contributed by atoms with E-state index in [0.717, 1.165) is 6.42 Å². The van der Waals surface area contributed by atoms with Crippen molar-refractivity contribution in [1.82, 2.24) is 5.32 Å². The predicted octanol–water partition coefficient (Wildman–Crippen LogP) is 5.10. The summed E-state index contributed by atoms with van der Waals surface area (Å²) >= 11 is 9.49. The Morgan fingerprint density at radius 3 is 2.77 bits per heavy atom. The van der Waals surface area contributed by atoms with Crippen LogP contribution in [0.3, 0.4) is 0 Å². The lowest BCUT2D eigenvalue weighted by molar-refractivity contribution is 0.0954. The molecule has 0 aliphatic heterocycles. The lowest BCUT2D eigenvalue weighted by Gasteiger charge is -2.05. The molecule has 0 aliphatic rings. The molecule has 5 heteroatoms. The number of rotatable bonds is 5. The number of nitrogens with one attached hydrogen (secondary N) is 1. The van der Waals surface area contributed by atoms with Crippen LogP contribution in [0.2, 0.25) is 5.02 Å². The molecule has 0 unspecified atom stereocenters. The van der Waals surface area contributed by atoms with Crippen LogP contribution in [0.5, 0.6) is 0 Å². The Bertz CT molecular complexity index is 765. The number of carbonyl (C=O) groups is 1. The smallest absolute Gasteiger partial charge is 0.252 e. The predicted molar refractivity (Wildman–Crippen MR) is 95.1 cm³/mol. The molecule has 0 spiro atoms. The topological polar surface area (TPSA) is 29.1 Å². The van der Waals surface area contributed by atoms with Gasteiger partial charge >= 0.3 is 0 Å². The molecule has 2 heterocycles. The number of amides is 1. The first-order valence-corrected chi connectivity index (χ1v) is 9.02. The van der Waals surface area contributed by atoms with Gasteiger partial charge in [-0.25, -0.2) is 0 Å². The Morgan fingerprint density at radius 1 is 1.14 bits per heavy atom. The number of hydrogen-bond acceptors (Lipinski definition) is 3. The van der Waals surface area contributed by atoms with Gasteiger partial charge in [0.1, 0.15) is 0 Å². The lowest BCUT2D eigenvalue weighted by atomic mass is 10.2. The van der Waals surface area contributed by atoms with E-state index >= 15 is 0 Å². The second kappa shape index (κ2) is 7.09. The Kier molecular flexibility index (Phi) is 4.93. The molecule has 0 fully saturated rings. The van der Waals surface area contributed by atoms with Gasteiger partial charge < -0.3 is 5.32 Å². The summed E-state index contributed by atoms with van der Waals surface area (Å²) in [5.41, 5.74) is 1.79. The average Bonchev–Trinajstić information content (AvgIpc) is 3.18. The first-order chi connectivity index (χ1) is 10.7. The standard InChI is InChI=1S/C17H14ClNOS2/c18-15-4-2-1-3-14(15)17(20)19-9-7-13-5-6-16(22-13)12-8-10-21-11-12/h1-6,8,10-11H,7,9H2,(H,19,20). The van der Waals surface area contributed by atoms with Gasteiger partial charge in [0, 0.05) is 21.9 Å². The van der Waals surface area contributed by atoms with E-state index in [1.54, 1.807) is 34.8 Å². The van der Waals surface area contributed by atoms with Gasteiger partial charge in [0.05, 0.1) is 10.6 Å². The maximum atomic E-state index is 12.1. The summed E-state index contributed by atoms with van der Waals surface area (Å²) in [5, 5.41) is 7.63. The summed E-state index contributed by atoms with van der Waals surface area (Å²) in [5.74, 6) is -0.125. The fourth-order valence-corrected chi connectivity index (χ4v) is 4.07. The third-order valence-electron chi connectivity index (χ3n) is 3.24. The van der Waals surface area contributed by atoms with Crippen LogP contribution in [0.4, 0.5) is 0 Å². The molecule has 2 aromatic heterocycles. The summed E-state index contributed by atoms with van der Waals surface area (Å²) in [6.45, 7) is 0.605. The fraction of sp³-hybridized carbons (Fsp3) is 0.118. The van der Waals surface area contributed by atoms with Gasteiger partial charge in [-0.1, -0.05) is 23.7 Å². The lowest BCUT2D eigenvalue weighted by Crippen LogP contribution is -2.25. The number of thiophene rings is 2. The number of carbonyl (C=O) groups excluding carboxylic acids is 1. The summed E-state index contributed by atoms with van der Waals surface area (Å²) in [7, 11) is 0. The normalized spacial score (nSPS) is 10.6. The summed E-state index contributed by atoms with van der Waals surface area (Å²) in [6, 6.07) is 13.5. The van der Waals surface area contributed by atoms with Crippen molar-refractivity contribution in [2.24, 2.45) is 0 Å². The maximum absolute atomic E-state index is 12.1. The van der Waals surface area contributed by atoms with Crippen LogP contribution in [0.25, 0.3) is 10.4 Å². The molecule has 2 nitrogen and oxygen atoms in total. The van der Waals surface area contributed by atoms with Gasteiger partial charge in [0.25, 0.3) is 5.91 Å². The highest BCUT2D eigenvalue weighted by molar-refractivity contribution is 7.16. The van der Waals surface area contributed by atoms with Gasteiger partial charge in [-0.2, -0.15) is 11.3 Å². The summed E-state index contributed by atoms with van der Waals surface area (Å²) in [4.78, 5) is 14.6. The molecule has 0 aliphatic carbocycles. The molecular weight excluding hydrogens is 334 g/mol. The van der Waals surface area contributed by atoms with Gasteiger partial charge in [-0.3, -0.25) is 4.79 Å². The van der Waals surface area contributed by atoms with Crippen molar-refractivity contribution in [3.8, 4) is 10.4 Å². The fourth-order valence-electron chi connectivity index (χ4n) is 2.11. The van der Waals surface area contributed by atoms with E-state index in [1.807, 2.05) is 12.1 Å². The van der Waals surface area contributed by atoms with Crippen LogP contribution in [0, 0.1) is 0 Å². The molecule has 0 radical (unpaired) electrons. The molecule has 0 atom stereocenters. The van der Waals surface area contributed by atoms with Crippen LogP contribution in [-0.2, 0) is 6.42 Å². The van der Waals surface area contributed by atoms with Crippen LogP contribution in [-0.4, -0.2) is 12.5 Å². The Balaban J connectivity index is 1.55. The highest BCUT2D eigenvalue weighted by Crippen LogP contribution is 2.29. The average molecular weight is 348 g/mol. The zero-order chi connectivity index (χ0) is 15.4. The van der Waals surface area contributed by atoms with E-state index in [-0.39, 0.29) is 5.91 Å². The Labute approximate surface area is 142 Å². The van der Waals surface area contributed by atoms with Crippen LogP contribution in [0.15, 0.2) is 53.2 Å². The molecule has 3 rings (SSSR count). The van der Waals surface area contributed by atoms with E-state index in [4.69, 9.17) is 11.6 Å². The number of hydrogen-bond donors (Lipinski definition) is 1. The maximum Gasteiger partial charge on any atom is 0.252 e. The van der Waals surface area contributed by atoms with Crippen molar-refractivity contribution < 1.29 is 4.79 Å². The quantitative estimate of drug-likeness (QED) is 0.683. The first-order valence-electron chi connectivity index (χ1n) is 6.88. The van der Waals surface area contributed by atoms with E-state index in [1.165, 1.54) is 15.3 Å². The molecule has 0 bridgehead atoms. The van der Waals surface area contributed by atoms with Crippen LogP contribution >= 0.6 is 34.3 Å². The zero-order valence-corrected chi connectivity index (χ0v) is 14.1. The zero-order valence-electron chi connectivity index (χ0n) is 11.7. The molecule has 1 N–H and O–H groups in total. The molecule has 0 saturated heterocycles. The second-order valence-corrected chi connectivity index (χ2v) is 7.12. The monoisotopic (exact) mass is 347 g/mol. The van der Waals surface area contributed by atoms with Gasteiger partial charge in [-0.15, -0.1) is 11.3 Å². The summed E-state index contributed by atoms with van der Waals surface area (Å²) in [6.07, 6.45) is 0.824. The second-order valence-electron chi connectivity index (χ2n) is 4.76. The molecule has 22 heavy (non-hydrogen) atoms. The number of halogens is 1. The third kappa shape index (κ3) is 3.58. The Hall–Kier alpha value is -1.62. The minimum Gasteiger partial charge on any atom is -0.352 e. The molecular formula is C17H14ClNOS2. The van der Waals surface area contributed by atoms with E-state index in [2.05, 4.69) is 34.3 Å². The molecule has 1 amide bonds. The Morgan fingerprint density at radius 2 is 2.00 bits per heavy atom. The van der Waals surface area contributed by atoms with Gasteiger partial charge in [0.15, 0.2) is 0 Å². The third-order valence-corrected chi connectivity index (χ3v) is 5.45. The van der Waals surface area contributed by atoms with Crippen LogP contribution in [0.1, 0.15) is 15.2 Å². The SMILES string of the molecule is O=C(NCCc1ccc(-c2ccsc2)s1)c1ccccc1Cl. The van der Waals surface area contributed by atoms with E-state index < -0.39 is 0 Å². The van der Waals surface area contributed by atoms with Gasteiger partial charge in [0.2, 0.25) is 0 Å². The minimum absolute atomic E-state index is 0.125. The van der Waals surface area contributed by atoms with Gasteiger partial charge in [-0.05, 0) is 47.5 Å². The van der Waals surface area contributed by atoms with Crippen molar-refractivity contribution in [2.45, 2.75) is 6.42 Å². The molecule has 1 aromatic carbocycles. The highest BCUT2D eigenvalue weighted by atomic mass is 35.5. The first kappa shape index (κ1) is 15.3. The van der Waals surface area contributed by atoms with Crippen molar-refractivity contribution in [2.75, 3.05) is 6.54 Å².